The van der Waals surface area contributed by atoms with Gasteiger partial charge in [0.25, 0.3) is 5.56 Å². The normalized spacial score (nSPS) is 29.7. The number of phosphoric ester groups is 1. The third-order valence-corrected chi connectivity index (χ3v) is 3.29. The highest BCUT2D eigenvalue weighted by atomic mass is 31.2. The number of nitrogens with zero attached hydrogens (tertiary/aromatic N) is 1. The van der Waals surface area contributed by atoms with Crippen LogP contribution in [0.2, 0.25) is 0 Å². The van der Waals surface area contributed by atoms with Gasteiger partial charge in [-0.25, -0.2) is 9.36 Å². The molecular formula is C9H12N2O9P. The monoisotopic (exact) mass is 323 g/mol. The second-order valence-electron chi connectivity index (χ2n) is 4.27. The van der Waals surface area contributed by atoms with E-state index in [9.17, 15) is 24.4 Å². The Kier molecular flexibility index (Phi) is 4.44. The predicted molar refractivity (Wildman–Crippen MR) is 64.1 cm³/mol. The molecule has 0 bridgehead atoms. The van der Waals surface area contributed by atoms with Crippen LogP contribution in [-0.2, 0) is 13.8 Å². The van der Waals surface area contributed by atoms with Gasteiger partial charge in [0.15, 0.2) is 6.23 Å². The van der Waals surface area contributed by atoms with Crippen LogP contribution in [0.25, 0.3) is 0 Å². The van der Waals surface area contributed by atoms with Crippen LogP contribution >= 0.6 is 7.82 Å². The lowest BCUT2D eigenvalue weighted by molar-refractivity contribution is -0.0543. The lowest BCUT2D eigenvalue weighted by Crippen LogP contribution is -2.37. The fourth-order valence-electron chi connectivity index (χ4n) is 1.84. The highest BCUT2D eigenvalue weighted by Gasteiger charge is 2.44. The number of aromatic nitrogens is 2. The summed E-state index contributed by atoms with van der Waals surface area (Å²) in [4.78, 5) is 41.5. The van der Waals surface area contributed by atoms with Gasteiger partial charge in [-0.1, -0.05) is 0 Å². The zero-order valence-corrected chi connectivity index (χ0v) is 11.2. The zero-order valence-electron chi connectivity index (χ0n) is 10.3. The van der Waals surface area contributed by atoms with Crippen molar-refractivity contribution in [2.45, 2.75) is 24.5 Å². The molecule has 2 heterocycles. The summed E-state index contributed by atoms with van der Waals surface area (Å²) in [5, 5.41) is 19.5. The highest BCUT2D eigenvalue weighted by Crippen LogP contribution is 2.38. The molecule has 0 aromatic carbocycles. The summed E-state index contributed by atoms with van der Waals surface area (Å²) < 4.78 is 20.7. The molecule has 1 aliphatic heterocycles. The molecule has 117 valence electrons. The van der Waals surface area contributed by atoms with Gasteiger partial charge in [-0.05, 0) is 0 Å². The van der Waals surface area contributed by atoms with E-state index in [2.05, 4.69) is 10.6 Å². The largest absolute Gasteiger partial charge is 0.469 e. The van der Waals surface area contributed by atoms with Gasteiger partial charge in [-0.3, -0.25) is 18.9 Å². The van der Waals surface area contributed by atoms with Crippen molar-refractivity contribution in [1.82, 2.24) is 9.55 Å². The van der Waals surface area contributed by atoms with E-state index in [-0.39, 0.29) is 0 Å². The van der Waals surface area contributed by atoms with Crippen molar-refractivity contribution in [3.8, 4) is 0 Å². The van der Waals surface area contributed by atoms with E-state index in [4.69, 9.17) is 14.5 Å². The SMILES string of the molecule is O=c1[c]cn([C@@H]2O[C@H](COP(=O)(O)O)[C@@H](O)[C@H]2O)c(=O)[nH]1. The Morgan fingerprint density at radius 1 is 1.38 bits per heavy atom. The first-order valence-electron chi connectivity index (χ1n) is 5.64. The standard InChI is InChI=1S/C9H12N2O9P/c12-5-1-2-11(9(15)10-5)8-7(14)6(13)4(20-8)3-19-21(16,17)18/h2,4,6-8,13-14H,3H2,(H,10,12,15)(H2,16,17,18)/t4-,6-,7-,8-/m1/s1. The van der Waals surface area contributed by atoms with Crippen LogP contribution < -0.4 is 11.2 Å². The average molecular weight is 323 g/mol. The fraction of sp³-hybridized carbons (Fsp3) is 0.556. The molecule has 5 N–H and O–H groups in total. The summed E-state index contributed by atoms with van der Waals surface area (Å²) in [6.45, 7) is -0.694. The van der Waals surface area contributed by atoms with Gasteiger partial charge in [0, 0.05) is 6.20 Å². The first-order chi connectivity index (χ1) is 9.69. The number of aliphatic hydroxyl groups is 2. The second-order valence-corrected chi connectivity index (χ2v) is 5.51. The maximum atomic E-state index is 11.6. The van der Waals surface area contributed by atoms with Crippen LogP contribution in [0.5, 0.6) is 0 Å². The first-order valence-corrected chi connectivity index (χ1v) is 7.17. The average Bonchev–Trinajstić information content (AvgIpc) is 2.64. The van der Waals surface area contributed by atoms with Gasteiger partial charge in [-0.2, -0.15) is 0 Å². The smallest absolute Gasteiger partial charge is 0.387 e. The molecule has 0 saturated carbocycles. The lowest BCUT2D eigenvalue weighted by atomic mass is 10.1. The molecule has 1 aliphatic rings. The van der Waals surface area contributed by atoms with E-state index in [0.717, 1.165) is 10.8 Å². The van der Waals surface area contributed by atoms with Crippen molar-refractivity contribution >= 4 is 7.82 Å². The van der Waals surface area contributed by atoms with Crippen LogP contribution in [0.4, 0.5) is 0 Å². The third kappa shape index (κ3) is 3.66. The second kappa shape index (κ2) is 5.81. The van der Waals surface area contributed by atoms with Crippen molar-refractivity contribution in [3.63, 3.8) is 0 Å². The molecule has 2 rings (SSSR count). The van der Waals surface area contributed by atoms with Crippen LogP contribution in [-0.4, -0.2) is 54.5 Å². The predicted octanol–water partition coefficient (Wildman–Crippen LogP) is -2.93. The maximum absolute atomic E-state index is 11.6. The number of ether oxygens (including phenoxy) is 1. The Morgan fingerprint density at radius 2 is 2.05 bits per heavy atom. The maximum Gasteiger partial charge on any atom is 0.469 e. The van der Waals surface area contributed by atoms with Crippen molar-refractivity contribution in [1.29, 1.82) is 0 Å². The summed E-state index contributed by atoms with van der Waals surface area (Å²) >= 11 is 0. The minimum absolute atomic E-state index is 0.694. The highest BCUT2D eigenvalue weighted by molar-refractivity contribution is 7.46. The molecule has 0 aliphatic carbocycles. The molecule has 0 spiro atoms. The Balaban J connectivity index is 2.18. The fourth-order valence-corrected chi connectivity index (χ4v) is 2.18. The van der Waals surface area contributed by atoms with E-state index in [1.165, 1.54) is 0 Å². The molecule has 0 amide bonds. The number of H-pyrrole nitrogens is 1. The Bertz CT molecular complexity index is 664. The molecule has 1 saturated heterocycles. The Labute approximate surface area is 116 Å². The van der Waals surface area contributed by atoms with Crippen molar-refractivity contribution in [3.05, 3.63) is 33.1 Å². The Morgan fingerprint density at radius 3 is 2.62 bits per heavy atom. The minimum Gasteiger partial charge on any atom is -0.387 e. The van der Waals surface area contributed by atoms with Crippen LogP contribution in [0.1, 0.15) is 6.23 Å². The van der Waals surface area contributed by atoms with Gasteiger partial charge in [-0.15, -0.1) is 0 Å². The van der Waals surface area contributed by atoms with Crippen LogP contribution in [0.3, 0.4) is 0 Å². The topological polar surface area (TPSA) is 171 Å². The lowest BCUT2D eigenvalue weighted by Gasteiger charge is -2.16. The molecule has 21 heavy (non-hydrogen) atoms. The molecule has 11 nitrogen and oxygen atoms in total. The van der Waals surface area contributed by atoms with E-state index in [1.54, 1.807) is 0 Å². The molecule has 4 atom stereocenters. The number of rotatable bonds is 4. The molecule has 1 fully saturated rings. The van der Waals surface area contributed by atoms with E-state index in [0.29, 0.717) is 0 Å². The molecule has 1 aromatic rings. The first kappa shape index (κ1) is 16.0. The number of aliphatic hydroxyl groups excluding tert-OH is 2. The molecule has 1 aromatic heterocycles. The van der Waals surface area contributed by atoms with Crippen molar-refractivity contribution in [2.24, 2.45) is 0 Å². The van der Waals surface area contributed by atoms with Crippen molar-refractivity contribution in [2.75, 3.05) is 6.61 Å². The number of aromatic amines is 1. The van der Waals surface area contributed by atoms with E-state index >= 15 is 0 Å². The van der Waals surface area contributed by atoms with Gasteiger partial charge >= 0.3 is 13.5 Å². The zero-order chi connectivity index (χ0) is 15.8. The summed E-state index contributed by atoms with van der Waals surface area (Å²) in [7, 11) is -4.77. The number of nitrogens with one attached hydrogen (secondary N) is 1. The summed E-state index contributed by atoms with van der Waals surface area (Å²) in [5.41, 5.74) is -1.67. The van der Waals surface area contributed by atoms with Gasteiger partial charge in [0.2, 0.25) is 0 Å². The summed E-state index contributed by atoms with van der Waals surface area (Å²) in [6.07, 6.45) is -4.79. The van der Waals surface area contributed by atoms with Gasteiger partial charge in [0.05, 0.1) is 12.7 Å². The van der Waals surface area contributed by atoms with Crippen LogP contribution in [0, 0.1) is 6.07 Å². The van der Waals surface area contributed by atoms with Gasteiger partial charge in [0.1, 0.15) is 18.3 Å². The molecule has 1 radical (unpaired) electrons. The summed E-state index contributed by atoms with van der Waals surface area (Å²) in [6, 6.07) is 2.15. The van der Waals surface area contributed by atoms with E-state index < -0.39 is 50.2 Å². The van der Waals surface area contributed by atoms with Gasteiger partial charge < -0.3 is 24.7 Å². The minimum atomic E-state index is -4.77. The van der Waals surface area contributed by atoms with E-state index in [1.807, 2.05) is 4.98 Å². The third-order valence-electron chi connectivity index (χ3n) is 2.81. The molecule has 12 heteroatoms. The number of hydrogen-bond acceptors (Lipinski definition) is 7. The quantitative estimate of drug-likeness (QED) is 0.364. The molecule has 0 unspecified atom stereocenters. The van der Waals surface area contributed by atoms with Crippen molar-refractivity contribution < 1.29 is 33.8 Å². The number of hydrogen-bond donors (Lipinski definition) is 5. The number of phosphoric acid groups is 1. The van der Waals surface area contributed by atoms with Crippen LogP contribution in [0.15, 0.2) is 15.8 Å². The Hall–Kier alpha value is -1.33. The molecular weight excluding hydrogens is 311 g/mol. The summed E-state index contributed by atoms with van der Waals surface area (Å²) in [5.74, 6) is 0.